The SMILES string of the molecule is CC(C)NC(=O)c1nc(C(=O)N(C)C2CCS(=O)(=O)C2)n2ccccc12. The number of hydrogen-bond donors (Lipinski definition) is 1. The number of hydrogen-bond acceptors (Lipinski definition) is 5. The van der Waals surface area contributed by atoms with Gasteiger partial charge in [0.05, 0.1) is 17.0 Å². The van der Waals surface area contributed by atoms with Crippen molar-refractivity contribution >= 4 is 27.2 Å². The molecule has 1 aliphatic rings. The lowest BCUT2D eigenvalue weighted by molar-refractivity contribution is 0.0734. The van der Waals surface area contributed by atoms with Crippen LogP contribution in [0.2, 0.25) is 0 Å². The van der Waals surface area contributed by atoms with E-state index in [-0.39, 0.29) is 41.0 Å². The summed E-state index contributed by atoms with van der Waals surface area (Å²) in [4.78, 5) is 31.1. The Morgan fingerprint density at radius 2 is 2.08 bits per heavy atom. The molecule has 0 saturated carbocycles. The van der Waals surface area contributed by atoms with Gasteiger partial charge in [-0.3, -0.25) is 14.0 Å². The van der Waals surface area contributed by atoms with Gasteiger partial charge in [-0.1, -0.05) is 6.07 Å². The van der Waals surface area contributed by atoms with E-state index in [4.69, 9.17) is 0 Å². The summed E-state index contributed by atoms with van der Waals surface area (Å²) in [7, 11) is -1.53. The van der Waals surface area contributed by atoms with E-state index in [2.05, 4.69) is 10.3 Å². The van der Waals surface area contributed by atoms with Gasteiger partial charge in [0.25, 0.3) is 11.8 Å². The van der Waals surface area contributed by atoms with E-state index in [9.17, 15) is 18.0 Å². The van der Waals surface area contributed by atoms with Crippen LogP contribution in [0, 0.1) is 0 Å². The van der Waals surface area contributed by atoms with E-state index in [0.29, 0.717) is 11.9 Å². The van der Waals surface area contributed by atoms with Crippen LogP contribution >= 0.6 is 0 Å². The van der Waals surface area contributed by atoms with Gasteiger partial charge >= 0.3 is 0 Å². The molecule has 2 amide bonds. The first-order valence-electron chi connectivity index (χ1n) is 8.45. The fraction of sp³-hybridized carbons (Fsp3) is 0.471. The first-order chi connectivity index (χ1) is 12.2. The second kappa shape index (κ2) is 6.71. The zero-order valence-corrected chi connectivity index (χ0v) is 15.8. The molecule has 2 aromatic rings. The Balaban J connectivity index is 1.97. The quantitative estimate of drug-likeness (QED) is 0.845. The van der Waals surface area contributed by atoms with Crippen molar-refractivity contribution in [3.05, 3.63) is 35.9 Å². The predicted octanol–water partition coefficient (Wildman–Crippen LogP) is 0.732. The minimum absolute atomic E-state index is 0.0424. The van der Waals surface area contributed by atoms with Gasteiger partial charge < -0.3 is 10.2 Å². The average molecular weight is 378 g/mol. The molecule has 1 atom stereocenters. The predicted molar refractivity (Wildman–Crippen MR) is 96.9 cm³/mol. The Kier molecular flexibility index (Phi) is 4.74. The molecule has 0 radical (unpaired) electrons. The third-order valence-electron chi connectivity index (χ3n) is 4.45. The minimum atomic E-state index is -3.11. The summed E-state index contributed by atoms with van der Waals surface area (Å²) in [6.07, 6.45) is 2.08. The molecule has 3 rings (SSSR count). The van der Waals surface area contributed by atoms with Crippen LogP contribution in [-0.4, -0.2) is 65.2 Å². The maximum atomic E-state index is 12.9. The number of nitrogens with zero attached hydrogens (tertiary/aromatic N) is 3. The molecule has 2 aromatic heterocycles. The summed E-state index contributed by atoms with van der Waals surface area (Å²) in [5.74, 6) is -0.620. The van der Waals surface area contributed by atoms with Crippen molar-refractivity contribution in [1.29, 1.82) is 0 Å². The van der Waals surface area contributed by atoms with Gasteiger partial charge in [-0.15, -0.1) is 0 Å². The molecule has 8 nitrogen and oxygen atoms in total. The van der Waals surface area contributed by atoms with Crippen LogP contribution in [0.3, 0.4) is 0 Å². The molecule has 140 valence electrons. The number of nitrogens with one attached hydrogen (secondary N) is 1. The summed E-state index contributed by atoms with van der Waals surface area (Å²) >= 11 is 0. The lowest BCUT2D eigenvalue weighted by atomic mass is 10.2. The van der Waals surface area contributed by atoms with E-state index in [0.717, 1.165) is 0 Å². The van der Waals surface area contributed by atoms with Crippen molar-refractivity contribution in [2.75, 3.05) is 18.6 Å². The van der Waals surface area contributed by atoms with E-state index in [1.54, 1.807) is 35.8 Å². The first kappa shape index (κ1) is 18.4. The molecule has 1 aliphatic heterocycles. The number of rotatable bonds is 4. The summed E-state index contributed by atoms with van der Waals surface area (Å²) in [5, 5.41) is 2.78. The van der Waals surface area contributed by atoms with Crippen LogP contribution in [0.15, 0.2) is 24.4 Å². The number of imidazole rings is 1. The second-order valence-electron chi connectivity index (χ2n) is 6.84. The Bertz CT molecular complexity index is 964. The second-order valence-corrected chi connectivity index (χ2v) is 9.07. The van der Waals surface area contributed by atoms with Crippen LogP contribution in [-0.2, 0) is 9.84 Å². The van der Waals surface area contributed by atoms with Crippen LogP contribution < -0.4 is 5.32 Å². The van der Waals surface area contributed by atoms with Crippen LogP contribution in [0.4, 0.5) is 0 Å². The normalized spacial score (nSPS) is 19.0. The maximum Gasteiger partial charge on any atom is 0.290 e. The summed E-state index contributed by atoms with van der Waals surface area (Å²) < 4.78 is 25.0. The standard InChI is InChI=1S/C17H22N4O4S/c1-11(2)18-16(22)14-13-6-4-5-8-21(13)15(19-14)17(23)20(3)12-7-9-26(24,25)10-12/h4-6,8,11-12H,7,9-10H2,1-3H3,(H,18,22). The van der Waals surface area contributed by atoms with Gasteiger partial charge in [0.1, 0.15) is 0 Å². The zero-order chi connectivity index (χ0) is 19.1. The molecule has 3 heterocycles. The zero-order valence-electron chi connectivity index (χ0n) is 15.0. The highest BCUT2D eigenvalue weighted by Crippen LogP contribution is 2.20. The monoisotopic (exact) mass is 378 g/mol. The molecule has 0 bridgehead atoms. The molecule has 0 aromatic carbocycles. The van der Waals surface area contributed by atoms with E-state index in [1.807, 2.05) is 13.8 Å². The smallest absolute Gasteiger partial charge is 0.290 e. The third kappa shape index (κ3) is 3.44. The molecule has 0 spiro atoms. The molecule has 1 unspecified atom stereocenters. The number of carbonyl (C=O) groups excluding carboxylic acids is 2. The number of pyridine rings is 1. The fourth-order valence-corrected chi connectivity index (χ4v) is 4.87. The van der Waals surface area contributed by atoms with Crippen molar-refractivity contribution in [3.8, 4) is 0 Å². The first-order valence-corrected chi connectivity index (χ1v) is 10.3. The van der Waals surface area contributed by atoms with Gasteiger partial charge in [-0.2, -0.15) is 0 Å². The molecular weight excluding hydrogens is 356 g/mol. The largest absolute Gasteiger partial charge is 0.348 e. The summed E-state index contributed by atoms with van der Waals surface area (Å²) in [6, 6.07) is 4.80. The van der Waals surface area contributed by atoms with Crippen molar-refractivity contribution in [1.82, 2.24) is 19.6 Å². The number of aromatic nitrogens is 2. The maximum absolute atomic E-state index is 12.9. The molecule has 26 heavy (non-hydrogen) atoms. The number of carbonyl (C=O) groups is 2. The van der Waals surface area contributed by atoms with Crippen molar-refractivity contribution in [3.63, 3.8) is 0 Å². The molecule has 1 N–H and O–H groups in total. The lowest BCUT2D eigenvalue weighted by Gasteiger charge is -2.22. The molecular formula is C17H22N4O4S. The highest BCUT2D eigenvalue weighted by Gasteiger charge is 2.34. The minimum Gasteiger partial charge on any atom is -0.348 e. The third-order valence-corrected chi connectivity index (χ3v) is 6.20. The van der Waals surface area contributed by atoms with E-state index >= 15 is 0 Å². The Morgan fingerprint density at radius 1 is 1.35 bits per heavy atom. The molecule has 9 heteroatoms. The summed E-state index contributed by atoms with van der Waals surface area (Å²) in [5.41, 5.74) is 0.705. The van der Waals surface area contributed by atoms with Gasteiger partial charge in [-0.25, -0.2) is 13.4 Å². The lowest BCUT2D eigenvalue weighted by Crippen LogP contribution is -2.38. The number of amides is 2. The van der Waals surface area contributed by atoms with E-state index < -0.39 is 15.7 Å². The van der Waals surface area contributed by atoms with Crippen LogP contribution in [0.1, 0.15) is 41.4 Å². The van der Waals surface area contributed by atoms with Crippen LogP contribution in [0.5, 0.6) is 0 Å². The van der Waals surface area contributed by atoms with Crippen molar-refractivity contribution in [2.24, 2.45) is 0 Å². The van der Waals surface area contributed by atoms with Gasteiger partial charge in [0, 0.05) is 25.3 Å². The van der Waals surface area contributed by atoms with E-state index in [1.165, 1.54) is 4.90 Å². The molecule has 1 saturated heterocycles. The fourth-order valence-electron chi connectivity index (χ4n) is 3.09. The Labute approximate surface area is 152 Å². The Hall–Kier alpha value is -2.42. The van der Waals surface area contributed by atoms with Gasteiger partial charge in [0.15, 0.2) is 15.5 Å². The summed E-state index contributed by atoms with van der Waals surface area (Å²) in [6.45, 7) is 3.69. The topological polar surface area (TPSA) is 101 Å². The average Bonchev–Trinajstić information content (AvgIpc) is 3.13. The van der Waals surface area contributed by atoms with Crippen molar-refractivity contribution < 1.29 is 18.0 Å². The van der Waals surface area contributed by atoms with Crippen molar-refractivity contribution in [2.45, 2.75) is 32.4 Å². The Morgan fingerprint density at radius 3 is 2.69 bits per heavy atom. The van der Waals surface area contributed by atoms with Gasteiger partial charge in [0.2, 0.25) is 5.82 Å². The molecule has 1 fully saturated rings. The van der Waals surface area contributed by atoms with Gasteiger partial charge in [-0.05, 0) is 32.4 Å². The number of sulfone groups is 1. The molecule has 0 aliphatic carbocycles. The highest BCUT2D eigenvalue weighted by molar-refractivity contribution is 7.91. The highest BCUT2D eigenvalue weighted by atomic mass is 32.2. The van der Waals surface area contributed by atoms with Crippen LogP contribution in [0.25, 0.3) is 5.52 Å². The number of fused-ring (bicyclic) bond motifs is 1.